The van der Waals surface area contributed by atoms with Crippen molar-refractivity contribution in [2.24, 2.45) is 11.1 Å². The first-order valence-corrected chi connectivity index (χ1v) is 11.8. The second kappa shape index (κ2) is 8.17. The molecule has 0 saturated carbocycles. The molecule has 2 saturated heterocycles. The number of rotatable bonds is 7. The normalized spacial score (nSPS) is 27.7. The van der Waals surface area contributed by atoms with Crippen LogP contribution in [0.3, 0.4) is 0 Å². The van der Waals surface area contributed by atoms with Gasteiger partial charge in [0.25, 0.3) is 0 Å². The number of thiophene rings is 1. The summed E-state index contributed by atoms with van der Waals surface area (Å²) in [5.74, 6) is -1.43. The number of H-pyrrole nitrogens is 1. The van der Waals surface area contributed by atoms with Gasteiger partial charge >= 0.3 is 5.97 Å². The third-order valence-corrected chi connectivity index (χ3v) is 9.04. The minimum Gasteiger partial charge on any atom is -0.481 e. The summed E-state index contributed by atoms with van der Waals surface area (Å²) in [5.41, 5.74) is 4.80. The number of hydrogen-bond acceptors (Lipinski definition) is 10. The van der Waals surface area contributed by atoms with Crippen LogP contribution < -0.4 is 11.1 Å². The standard InChI is InChI=1S/C16H19N7O4S3/c1-7(30-15-19-21-22-20-15)16(14(26)27)5-23-12(25)10(13(23)29-6-16)18-11(24)9(17)8-3-2-4-28-8/h2-4,7,9-10,13H,5-6,17H2,1H3,(H,18,24)(H,26,27)(H,19,20,21,22)/t7?,9?,10?,13-,16?/m1/s1. The summed E-state index contributed by atoms with van der Waals surface area (Å²) in [7, 11) is 0. The van der Waals surface area contributed by atoms with Gasteiger partial charge in [0.2, 0.25) is 17.0 Å². The molecule has 14 heteroatoms. The van der Waals surface area contributed by atoms with Crippen molar-refractivity contribution in [3.8, 4) is 0 Å². The Morgan fingerprint density at radius 3 is 2.97 bits per heavy atom. The second-order valence-corrected chi connectivity index (χ2v) is 10.5. The van der Waals surface area contributed by atoms with Crippen molar-refractivity contribution < 1.29 is 19.5 Å². The fourth-order valence-corrected chi connectivity index (χ4v) is 6.94. The van der Waals surface area contributed by atoms with Gasteiger partial charge in [0.1, 0.15) is 22.9 Å². The van der Waals surface area contributed by atoms with Crippen molar-refractivity contribution in [3.05, 3.63) is 22.4 Å². The smallest absolute Gasteiger partial charge is 0.313 e. The number of fused-ring (bicyclic) bond motifs is 1. The summed E-state index contributed by atoms with van der Waals surface area (Å²) in [6.45, 7) is 1.83. The number of β-lactam (4-membered cyclic amide) rings is 1. The average Bonchev–Trinajstić information content (AvgIpc) is 3.44. The zero-order valence-corrected chi connectivity index (χ0v) is 18.2. The van der Waals surface area contributed by atoms with E-state index in [0.29, 0.717) is 10.0 Å². The number of hydrogen-bond donors (Lipinski definition) is 4. The number of nitrogens with zero attached hydrogens (tertiary/aromatic N) is 4. The molecule has 2 aromatic rings. The number of carboxylic acid groups (broad SMARTS) is 1. The summed E-state index contributed by atoms with van der Waals surface area (Å²) in [6, 6.07) is 2.02. The molecule has 30 heavy (non-hydrogen) atoms. The van der Waals surface area contributed by atoms with Crippen molar-refractivity contribution in [3.63, 3.8) is 0 Å². The van der Waals surface area contributed by atoms with Gasteiger partial charge in [-0.3, -0.25) is 14.4 Å². The number of carboxylic acids is 1. The number of aromatic nitrogens is 4. The number of tetrazole rings is 1. The van der Waals surface area contributed by atoms with Gasteiger partial charge in [0, 0.05) is 22.4 Å². The molecule has 2 aliphatic heterocycles. The minimum absolute atomic E-state index is 0.0498. The monoisotopic (exact) mass is 469 g/mol. The molecule has 0 radical (unpaired) electrons. The molecule has 2 amide bonds. The van der Waals surface area contributed by atoms with Crippen LogP contribution in [0.4, 0.5) is 0 Å². The molecule has 0 aromatic carbocycles. The molecule has 5 N–H and O–H groups in total. The molecule has 0 aliphatic carbocycles. The van der Waals surface area contributed by atoms with Crippen molar-refractivity contribution in [2.45, 2.75) is 34.8 Å². The van der Waals surface area contributed by atoms with Gasteiger partial charge in [0.05, 0.1) is 0 Å². The molecule has 0 bridgehead atoms. The first kappa shape index (κ1) is 21.1. The van der Waals surface area contributed by atoms with Crippen LogP contribution in [-0.2, 0) is 14.4 Å². The van der Waals surface area contributed by atoms with Gasteiger partial charge in [-0.25, -0.2) is 0 Å². The molecule has 0 spiro atoms. The highest BCUT2D eigenvalue weighted by atomic mass is 32.2. The summed E-state index contributed by atoms with van der Waals surface area (Å²) >= 11 is 3.91. The Morgan fingerprint density at radius 2 is 2.33 bits per heavy atom. The maximum absolute atomic E-state index is 12.7. The number of nitrogens with one attached hydrogen (secondary N) is 2. The number of carbonyl (C=O) groups excluding carboxylic acids is 2. The number of nitrogens with two attached hydrogens (primary N) is 1. The van der Waals surface area contributed by atoms with Crippen molar-refractivity contribution in [1.82, 2.24) is 30.8 Å². The maximum Gasteiger partial charge on any atom is 0.313 e. The Labute approximate surface area is 183 Å². The molecule has 4 unspecified atom stereocenters. The predicted molar refractivity (Wildman–Crippen MR) is 111 cm³/mol. The Morgan fingerprint density at radius 1 is 1.53 bits per heavy atom. The van der Waals surface area contributed by atoms with Gasteiger partial charge in [-0.05, 0) is 16.7 Å². The molecule has 4 rings (SSSR count). The first-order valence-electron chi connectivity index (χ1n) is 8.98. The fraction of sp³-hybridized carbons (Fsp3) is 0.500. The van der Waals surface area contributed by atoms with Crippen molar-refractivity contribution in [2.75, 3.05) is 12.3 Å². The maximum atomic E-state index is 12.7. The Kier molecular flexibility index (Phi) is 5.74. The molecule has 2 aliphatic rings. The third-order valence-electron chi connectivity index (χ3n) is 5.35. The van der Waals surface area contributed by atoms with E-state index >= 15 is 0 Å². The highest BCUT2D eigenvalue weighted by Crippen LogP contribution is 2.47. The molecule has 5 atom stereocenters. The lowest BCUT2D eigenvalue weighted by molar-refractivity contribution is -0.158. The predicted octanol–water partition coefficient (Wildman–Crippen LogP) is -0.0873. The summed E-state index contributed by atoms with van der Waals surface area (Å²) in [4.78, 5) is 39.6. The van der Waals surface area contributed by atoms with Crippen LogP contribution in [0, 0.1) is 5.41 Å². The Balaban J connectivity index is 1.43. The van der Waals surface area contributed by atoms with Crippen LogP contribution in [-0.4, -0.2) is 77.4 Å². The molecule has 160 valence electrons. The van der Waals surface area contributed by atoms with E-state index in [-0.39, 0.29) is 23.6 Å². The van der Waals surface area contributed by atoms with E-state index in [4.69, 9.17) is 5.73 Å². The number of aromatic amines is 1. The van der Waals surface area contributed by atoms with E-state index in [1.807, 2.05) is 5.38 Å². The van der Waals surface area contributed by atoms with E-state index in [9.17, 15) is 19.5 Å². The third kappa shape index (κ3) is 3.57. The van der Waals surface area contributed by atoms with E-state index in [0.717, 1.165) is 0 Å². The van der Waals surface area contributed by atoms with Gasteiger partial charge < -0.3 is 21.1 Å². The summed E-state index contributed by atoms with van der Waals surface area (Å²) in [6.07, 6.45) is 0. The van der Waals surface area contributed by atoms with Gasteiger partial charge in [0.15, 0.2) is 0 Å². The zero-order chi connectivity index (χ0) is 21.5. The van der Waals surface area contributed by atoms with Gasteiger partial charge in [-0.1, -0.05) is 24.8 Å². The van der Waals surface area contributed by atoms with Crippen LogP contribution in [0.1, 0.15) is 17.8 Å². The molecule has 11 nitrogen and oxygen atoms in total. The van der Waals surface area contributed by atoms with E-state index < -0.39 is 34.6 Å². The molecule has 4 heterocycles. The van der Waals surface area contributed by atoms with Crippen LogP contribution in [0.5, 0.6) is 0 Å². The lowest BCUT2D eigenvalue weighted by Crippen LogP contribution is -2.74. The SMILES string of the molecule is CC(Sc1nn[nH]n1)C1(C(=O)O)CS[C@@H]2C(NC(=O)C(N)c3cccs3)C(=O)N2C1. The number of amides is 2. The topological polar surface area (TPSA) is 167 Å². The van der Waals surface area contributed by atoms with Gasteiger partial charge in [-0.15, -0.1) is 33.3 Å². The quantitative estimate of drug-likeness (QED) is 0.318. The van der Waals surface area contributed by atoms with E-state index in [1.165, 1.54) is 39.8 Å². The molecular formula is C16H19N7O4S3. The molecule has 2 fully saturated rings. The van der Waals surface area contributed by atoms with Crippen LogP contribution in [0.25, 0.3) is 0 Å². The molecule has 2 aromatic heterocycles. The minimum atomic E-state index is -1.18. The highest BCUT2D eigenvalue weighted by Gasteiger charge is 2.59. The number of thioether (sulfide) groups is 2. The largest absolute Gasteiger partial charge is 0.481 e. The zero-order valence-electron chi connectivity index (χ0n) is 15.7. The average molecular weight is 470 g/mol. The van der Waals surface area contributed by atoms with Crippen LogP contribution in [0.15, 0.2) is 22.7 Å². The molecular weight excluding hydrogens is 450 g/mol. The highest BCUT2D eigenvalue weighted by molar-refractivity contribution is 8.01. The number of aliphatic carboxylic acids is 1. The fourth-order valence-electron chi connectivity index (χ4n) is 3.46. The van der Waals surface area contributed by atoms with Crippen molar-refractivity contribution in [1.29, 1.82) is 0 Å². The van der Waals surface area contributed by atoms with E-state index in [2.05, 4.69) is 25.9 Å². The number of carbonyl (C=O) groups is 3. The summed E-state index contributed by atoms with van der Waals surface area (Å²) in [5, 5.41) is 27.7. The van der Waals surface area contributed by atoms with Crippen LogP contribution >= 0.6 is 34.9 Å². The lowest BCUT2D eigenvalue weighted by Gasteiger charge is -2.55. The van der Waals surface area contributed by atoms with E-state index in [1.54, 1.807) is 19.1 Å². The second-order valence-electron chi connectivity index (χ2n) is 7.06. The van der Waals surface area contributed by atoms with Crippen molar-refractivity contribution >= 4 is 52.6 Å². The summed E-state index contributed by atoms with van der Waals surface area (Å²) < 4.78 is 0. The first-order chi connectivity index (χ1) is 14.3. The van der Waals surface area contributed by atoms with Gasteiger partial charge in [-0.2, -0.15) is 5.21 Å². The van der Waals surface area contributed by atoms with Crippen LogP contribution in [0.2, 0.25) is 0 Å². The Bertz CT molecular complexity index is 941. The Hall–Kier alpha value is -2.16. The lowest BCUT2D eigenvalue weighted by atomic mass is 9.84.